The monoisotopic (exact) mass is 258 g/mol. The van der Waals surface area contributed by atoms with Crippen molar-refractivity contribution in [1.29, 1.82) is 0 Å². The summed E-state index contributed by atoms with van der Waals surface area (Å²) in [5, 5.41) is 3.24. The topological polar surface area (TPSA) is 50.8 Å². The zero-order chi connectivity index (χ0) is 13.2. The minimum Gasteiger partial charge on any atom is -0.468 e. The molecular formula is C13H26N2O3. The van der Waals surface area contributed by atoms with Gasteiger partial charge < -0.3 is 19.7 Å². The van der Waals surface area contributed by atoms with Crippen LogP contribution in [-0.4, -0.2) is 63.4 Å². The van der Waals surface area contributed by atoms with E-state index in [1.54, 1.807) is 0 Å². The van der Waals surface area contributed by atoms with Gasteiger partial charge in [0.15, 0.2) is 0 Å². The van der Waals surface area contributed by atoms with Gasteiger partial charge in [0, 0.05) is 26.2 Å². The average molecular weight is 258 g/mol. The molecule has 0 aromatic rings. The summed E-state index contributed by atoms with van der Waals surface area (Å²) in [6.45, 7) is 7.52. The van der Waals surface area contributed by atoms with E-state index in [4.69, 9.17) is 9.47 Å². The maximum Gasteiger partial charge on any atom is 0.322 e. The fraction of sp³-hybridized carbons (Fsp3) is 0.923. The van der Waals surface area contributed by atoms with Crippen LogP contribution in [0, 0.1) is 0 Å². The predicted molar refractivity (Wildman–Crippen MR) is 70.6 cm³/mol. The number of ether oxygens (including phenoxy) is 2. The highest BCUT2D eigenvalue weighted by Crippen LogP contribution is 2.03. The van der Waals surface area contributed by atoms with Gasteiger partial charge in [-0.3, -0.25) is 4.79 Å². The molecule has 0 saturated carbocycles. The molecule has 1 saturated heterocycles. The summed E-state index contributed by atoms with van der Waals surface area (Å²) in [5.74, 6) is -0.158. The van der Waals surface area contributed by atoms with Gasteiger partial charge in [-0.05, 0) is 25.8 Å². The predicted octanol–water partition coefficient (Wildman–Crippen LogP) is 0.640. The Kier molecular flexibility index (Phi) is 7.96. The number of nitrogens with one attached hydrogen (secondary N) is 1. The lowest BCUT2D eigenvalue weighted by molar-refractivity contribution is -0.143. The molecule has 1 rings (SSSR count). The number of nitrogens with zero attached hydrogens (tertiary/aromatic N) is 1. The van der Waals surface area contributed by atoms with E-state index in [9.17, 15) is 4.79 Å². The SMILES string of the molecule is CCCNC(CCN1CCCOCC1)C(=O)OC. The first-order chi connectivity index (χ1) is 8.77. The normalized spacial score (nSPS) is 19.2. The van der Waals surface area contributed by atoms with E-state index in [0.29, 0.717) is 0 Å². The molecule has 0 aromatic heterocycles. The van der Waals surface area contributed by atoms with E-state index in [0.717, 1.165) is 58.7 Å². The molecule has 1 heterocycles. The number of carbonyl (C=O) groups excluding carboxylic acids is 1. The van der Waals surface area contributed by atoms with Gasteiger partial charge in [0.1, 0.15) is 6.04 Å². The minimum atomic E-state index is -0.181. The van der Waals surface area contributed by atoms with Crippen molar-refractivity contribution in [2.75, 3.05) is 46.5 Å². The Hall–Kier alpha value is -0.650. The van der Waals surface area contributed by atoms with Crippen molar-refractivity contribution in [3.05, 3.63) is 0 Å². The Morgan fingerprint density at radius 2 is 2.28 bits per heavy atom. The molecule has 0 radical (unpaired) electrons. The van der Waals surface area contributed by atoms with Crippen LogP contribution < -0.4 is 5.32 Å². The summed E-state index contributed by atoms with van der Waals surface area (Å²) in [4.78, 5) is 14.0. The van der Waals surface area contributed by atoms with Crippen molar-refractivity contribution in [2.24, 2.45) is 0 Å². The van der Waals surface area contributed by atoms with Gasteiger partial charge in [-0.2, -0.15) is 0 Å². The van der Waals surface area contributed by atoms with Crippen molar-refractivity contribution < 1.29 is 14.3 Å². The van der Waals surface area contributed by atoms with Crippen molar-refractivity contribution in [2.45, 2.75) is 32.2 Å². The number of rotatable bonds is 7. The van der Waals surface area contributed by atoms with Crippen molar-refractivity contribution in [3.63, 3.8) is 0 Å². The van der Waals surface area contributed by atoms with Gasteiger partial charge >= 0.3 is 5.97 Å². The highest BCUT2D eigenvalue weighted by atomic mass is 16.5. The van der Waals surface area contributed by atoms with Crippen LogP contribution in [0.15, 0.2) is 0 Å². The molecule has 1 N–H and O–H groups in total. The molecule has 1 atom stereocenters. The third-order valence-corrected chi connectivity index (χ3v) is 3.18. The Morgan fingerprint density at radius 1 is 1.44 bits per heavy atom. The van der Waals surface area contributed by atoms with Gasteiger partial charge in [-0.1, -0.05) is 6.92 Å². The maximum absolute atomic E-state index is 11.6. The van der Waals surface area contributed by atoms with E-state index in [2.05, 4.69) is 17.1 Å². The van der Waals surface area contributed by atoms with Crippen LogP contribution in [0.2, 0.25) is 0 Å². The van der Waals surface area contributed by atoms with Crippen LogP contribution in [0.1, 0.15) is 26.2 Å². The Labute approximate surface area is 110 Å². The van der Waals surface area contributed by atoms with Crippen LogP contribution in [0.5, 0.6) is 0 Å². The first kappa shape index (κ1) is 15.4. The third-order valence-electron chi connectivity index (χ3n) is 3.18. The Morgan fingerprint density at radius 3 is 3.00 bits per heavy atom. The standard InChI is InChI=1S/C13H26N2O3/c1-3-6-14-12(13(16)17-2)5-8-15-7-4-10-18-11-9-15/h12,14H,3-11H2,1-2H3. The summed E-state index contributed by atoms with van der Waals surface area (Å²) in [6, 6.07) is -0.181. The molecule has 1 fully saturated rings. The summed E-state index contributed by atoms with van der Waals surface area (Å²) in [5.41, 5.74) is 0. The molecular weight excluding hydrogens is 232 g/mol. The molecule has 1 aliphatic heterocycles. The number of hydrogen-bond acceptors (Lipinski definition) is 5. The molecule has 5 heteroatoms. The first-order valence-corrected chi connectivity index (χ1v) is 6.89. The minimum absolute atomic E-state index is 0.158. The largest absolute Gasteiger partial charge is 0.468 e. The van der Waals surface area contributed by atoms with Gasteiger partial charge in [0.2, 0.25) is 0 Å². The second-order valence-electron chi connectivity index (χ2n) is 4.63. The Bertz CT molecular complexity index is 228. The number of methoxy groups -OCH3 is 1. The molecule has 1 aliphatic rings. The van der Waals surface area contributed by atoms with Crippen molar-refractivity contribution >= 4 is 5.97 Å². The van der Waals surface area contributed by atoms with Crippen molar-refractivity contribution in [3.8, 4) is 0 Å². The van der Waals surface area contributed by atoms with Gasteiger partial charge in [0.05, 0.1) is 13.7 Å². The number of hydrogen-bond donors (Lipinski definition) is 1. The molecule has 106 valence electrons. The van der Waals surface area contributed by atoms with E-state index >= 15 is 0 Å². The lowest BCUT2D eigenvalue weighted by Crippen LogP contribution is -2.41. The number of esters is 1. The molecule has 0 spiro atoms. The van der Waals surface area contributed by atoms with Crippen LogP contribution in [0.25, 0.3) is 0 Å². The quantitative estimate of drug-likeness (QED) is 0.679. The van der Waals surface area contributed by atoms with E-state index in [1.807, 2.05) is 0 Å². The lowest BCUT2D eigenvalue weighted by Gasteiger charge is -2.22. The lowest BCUT2D eigenvalue weighted by atomic mass is 10.2. The summed E-state index contributed by atoms with van der Waals surface area (Å²) in [6.07, 6.45) is 2.89. The van der Waals surface area contributed by atoms with E-state index in [-0.39, 0.29) is 12.0 Å². The molecule has 5 nitrogen and oxygen atoms in total. The Balaban J connectivity index is 2.32. The summed E-state index contributed by atoms with van der Waals surface area (Å²) >= 11 is 0. The van der Waals surface area contributed by atoms with E-state index < -0.39 is 0 Å². The highest BCUT2D eigenvalue weighted by molar-refractivity contribution is 5.75. The molecule has 0 aliphatic carbocycles. The molecule has 0 amide bonds. The second-order valence-corrected chi connectivity index (χ2v) is 4.63. The average Bonchev–Trinajstić information content (AvgIpc) is 2.66. The molecule has 18 heavy (non-hydrogen) atoms. The van der Waals surface area contributed by atoms with Gasteiger partial charge in [-0.15, -0.1) is 0 Å². The summed E-state index contributed by atoms with van der Waals surface area (Å²) < 4.78 is 10.2. The van der Waals surface area contributed by atoms with Crippen molar-refractivity contribution in [1.82, 2.24) is 10.2 Å². The fourth-order valence-electron chi connectivity index (χ4n) is 2.10. The summed E-state index contributed by atoms with van der Waals surface area (Å²) in [7, 11) is 1.45. The molecule has 0 bridgehead atoms. The number of carbonyl (C=O) groups is 1. The van der Waals surface area contributed by atoms with Crippen LogP contribution in [0.3, 0.4) is 0 Å². The van der Waals surface area contributed by atoms with Crippen LogP contribution in [-0.2, 0) is 14.3 Å². The third kappa shape index (κ3) is 5.80. The van der Waals surface area contributed by atoms with Crippen LogP contribution >= 0.6 is 0 Å². The first-order valence-electron chi connectivity index (χ1n) is 6.89. The second kappa shape index (κ2) is 9.30. The molecule has 0 aromatic carbocycles. The maximum atomic E-state index is 11.6. The fourth-order valence-corrected chi connectivity index (χ4v) is 2.10. The van der Waals surface area contributed by atoms with Gasteiger partial charge in [-0.25, -0.2) is 0 Å². The highest BCUT2D eigenvalue weighted by Gasteiger charge is 2.19. The smallest absolute Gasteiger partial charge is 0.322 e. The zero-order valence-corrected chi connectivity index (χ0v) is 11.6. The van der Waals surface area contributed by atoms with E-state index in [1.165, 1.54) is 7.11 Å². The molecule has 1 unspecified atom stereocenters. The zero-order valence-electron chi connectivity index (χ0n) is 11.6. The van der Waals surface area contributed by atoms with Gasteiger partial charge in [0.25, 0.3) is 0 Å². The van der Waals surface area contributed by atoms with Crippen LogP contribution in [0.4, 0.5) is 0 Å².